The number of hydrogen-bond acceptors (Lipinski definition) is 3. The maximum atomic E-state index is 11.9. The van der Waals surface area contributed by atoms with Gasteiger partial charge in [0.2, 0.25) is 5.91 Å². The van der Waals surface area contributed by atoms with Gasteiger partial charge in [-0.15, -0.1) is 11.3 Å². The fourth-order valence-corrected chi connectivity index (χ4v) is 3.57. The van der Waals surface area contributed by atoms with E-state index in [-0.39, 0.29) is 11.8 Å². The first kappa shape index (κ1) is 14.3. The number of anilines is 1. The number of rotatable bonds is 4. The number of benzene rings is 1. The molecule has 1 aliphatic rings. The summed E-state index contributed by atoms with van der Waals surface area (Å²) in [7, 11) is 0. The SMILES string of the molecule is CCc1cc(C(O)Cc2cccs2)cc2c1NC(=O)C2C. The minimum Gasteiger partial charge on any atom is -0.388 e. The van der Waals surface area contributed by atoms with Crippen LogP contribution in [-0.4, -0.2) is 11.0 Å². The van der Waals surface area contributed by atoms with E-state index < -0.39 is 6.10 Å². The Morgan fingerprint density at radius 2 is 2.24 bits per heavy atom. The molecule has 1 aromatic carbocycles. The Bertz CT molecular complexity index is 664. The molecule has 2 atom stereocenters. The first-order valence-electron chi connectivity index (χ1n) is 7.28. The van der Waals surface area contributed by atoms with Crippen LogP contribution in [0.2, 0.25) is 0 Å². The number of carbonyl (C=O) groups excluding carboxylic acids is 1. The van der Waals surface area contributed by atoms with E-state index in [1.54, 1.807) is 11.3 Å². The molecule has 4 heteroatoms. The maximum Gasteiger partial charge on any atom is 0.231 e. The van der Waals surface area contributed by atoms with E-state index in [1.807, 2.05) is 36.6 Å². The summed E-state index contributed by atoms with van der Waals surface area (Å²) in [5.74, 6) is -0.0937. The molecule has 21 heavy (non-hydrogen) atoms. The molecule has 0 spiro atoms. The molecule has 0 fully saturated rings. The van der Waals surface area contributed by atoms with Crippen molar-refractivity contribution in [3.05, 3.63) is 51.2 Å². The van der Waals surface area contributed by atoms with E-state index in [2.05, 4.69) is 12.2 Å². The van der Waals surface area contributed by atoms with Gasteiger partial charge < -0.3 is 10.4 Å². The minimum absolute atomic E-state index is 0.0459. The van der Waals surface area contributed by atoms with E-state index in [0.717, 1.165) is 28.8 Å². The first-order chi connectivity index (χ1) is 10.1. The molecule has 3 nitrogen and oxygen atoms in total. The van der Waals surface area contributed by atoms with Crippen LogP contribution in [0.5, 0.6) is 0 Å². The highest BCUT2D eigenvalue weighted by Gasteiger charge is 2.29. The average Bonchev–Trinajstić information content (AvgIpc) is 3.08. The Balaban J connectivity index is 1.95. The van der Waals surface area contributed by atoms with Crippen molar-refractivity contribution in [1.82, 2.24) is 0 Å². The van der Waals surface area contributed by atoms with Gasteiger partial charge >= 0.3 is 0 Å². The second kappa shape index (κ2) is 5.62. The lowest BCUT2D eigenvalue weighted by Gasteiger charge is -2.15. The summed E-state index contributed by atoms with van der Waals surface area (Å²) in [6, 6.07) is 8.04. The molecule has 0 bridgehead atoms. The number of carbonyl (C=O) groups is 1. The number of aliphatic hydroxyl groups excluding tert-OH is 1. The molecule has 1 aromatic heterocycles. The van der Waals surface area contributed by atoms with Crippen molar-refractivity contribution >= 4 is 22.9 Å². The van der Waals surface area contributed by atoms with Gasteiger partial charge in [-0.2, -0.15) is 0 Å². The van der Waals surface area contributed by atoms with Crippen molar-refractivity contribution in [2.45, 2.75) is 38.7 Å². The van der Waals surface area contributed by atoms with Gasteiger partial charge in [0, 0.05) is 17.0 Å². The van der Waals surface area contributed by atoms with Crippen molar-refractivity contribution in [3.8, 4) is 0 Å². The fourth-order valence-electron chi connectivity index (χ4n) is 2.83. The van der Waals surface area contributed by atoms with E-state index in [9.17, 15) is 9.90 Å². The zero-order valence-electron chi connectivity index (χ0n) is 12.2. The zero-order chi connectivity index (χ0) is 15.0. The Morgan fingerprint density at radius 3 is 2.90 bits per heavy atom. The molecule has 0 saturated carbocycles. The van der Waals surface area contributed by atoms with Crippen LogP contribution >= 0.6 is 11.3 Å². The molecule has 2 unspecified atom stereocenters. The van der Waals surface area contributed by atoms with Crippen LogP contribution in [0.4, 0.5) is 5.69 Å². The van der Waals surface area contributed by atoms with Gasteiger partial charge in [0.15, 0.2) is 0 Å². The van der Waals surface area contributed by atoms with E-state index in [4.69, 9.17) is 0 Å². The number of aryl methyl sites for hydroxylation is 1. The van der Waals surface area contributed by atoms with E-state index >= 15 is 0 Å². The highest BCUT2D eigenvalue weighted by Crippen LogP contribution is 2.38. The standard InChI is InChI=1S/C17H19NO2S/c1-3-11-7-12(15(19)9-13-5-4-6-21-13)8-14-10(2)17(20)18-16(11)14/h4-8,10,15,19H,3,9H2,1-2H3,(H,18,20). The normalized spacial score (nSPS) is 18.4. The van der Waals surface area contributed by atoms with Crippen LogP contribution in [0.3, 0.4) is 0 Å². The van der Waals surface area contributed by atoms with Gasteiger partial charge in [0.25, 0.3) is 0 Å². The molecule has 2 heterocycles. The number of amides is 1. The number of thiophene rings is 1. The molecule has 2 aromatic rings. The summed E-state index contributed by atoms with van der Waals surface area (Å²) in [4.78, 5) is 13.0. The van der Waals surface area contributed by atoms with Crippen molar-refractivity contribution in [1.29, 1.82) is 0 Å². The average molecular weight is 301 g/mol. The van der Waals surface area contributed by atoms with Gasteiger partial charge in [-0.25, -0.2) is 0 Å². The maximum absolute atomic E-state index is 11.9. The predicted octanol–water partition coefficient (Wildman–Crippen LogP) is 3.64. The molecule has 2 N–H and O–H groups in total. The third kappa shape index (κ3) is 2.61. The summed E-state index contributed by atoms with van der Waals surface area (Å²) < 4.78 is 0. The van der Waals surface area contributed by atoms with Crippen LogP contribution in [0.15, 0.2) is 29.6 Å². The first-order valence-corrected chi connectivity index (χ1v) is 8.16. The summed E-state index contributed by atoms with van der Waals surface area (Å²) >= 11 is 1.66. The number of fused-ring (bicyclic) bond motifs is 1. The second-order valence-electron chi connectivity index (χ2n) is 5.51. The third-order valence-electron chi connectivity index (χ3n) is 4.12. The Labute approximate surface area is 128 Å². The molecule has 1 amide bonds. The van der Waals surface area contributed by atoms with Crippen LogP contribution in [0.25, 0.3) is 0 Å². The molecule has 110 valence electrons. The Kier molecular flexibility index (Phi) is 3.83. The van der Waals surface area contributed by atoms with Crippen molar-refractivity contribution in [3.63, 3.8) is 0 Å². The molecular weight excluding hydrogens is 282 g/mol. The van der Waals surface area contributed by atoms with Gasteiger partial charge in [0.1, 0.15) is 0 Å². The molecular formula is C17H19NO2S. The van der Waals surface area contributed by atoms with Crippen molar-refractivity contribution in [2.24, 2.45) is 0 Å². The number of aliphatic hydroxyl groups is 1. The van der Waals surface area contributed by atoms with Crippen LogP contribution in [0.1, 0.15) is 47.4 Å². The quantitative estimate of drug-likeness (QED) is 0.905. The molecule has 0 aliphatic carbocycles. The Hall–Kier alpha value is -1.65. The topological polar surface area (TPSA) is 49.3 Å². The summed E-state index contributed by atoms with van der Waals surface area (Å²) in [5, 5.41) is 15.5. The van der Waals surface area contributed by atoms with Crippen molar-refractivity contribution in [2.75, 3.05) is 5.32 Å². The van der Waals surface area contributed by atoms with Gasteiger partial charge in [0.05, 0.1) is 12.0 Å². The molecule has 0 radical (unpaired) electrons. The fraction of sp³-hybridized carbons (Fsp3) is 0.353. The summed E-state index contributed by atoms with van der Waals surface area (Å²) in [6.07, 6.45) is 0.937. The lowest BCUT2D eigenvalue weighted by molar-refractivity contribution is -0.116. The van der Waals surface area contributed by atoms with Gasteiger partial charge in [-0.05, 0) is 41.5 Å². The van der Waals surface area contributed by atoms with E-state index in [1.165, 1.54) is 4.88 Å². The highest BCUT2D eigenvalue weighted by atomic mass is 32.1. The predicted molar refractivity (Wildman–Crippen MR) is 85.8 cm³/mol. The zero-order valence-corrected chi connectivity index (χ0v) is 13.0. The highest BCUT2D eigenvalue weighted by molar-refractivity contribution is 7.09. The monoisotopic (exact) mass is 301 g/mol. The summed E-state index contributed by atoms with van der Waals surface area (Å²) in [5.41, 5.74) is 3.97. The summed E-state index contributed by atoms with van der Waals surface area (Å²) in [6.45, 7) is 3.98. The largest absolute Gasteiger partial charge is 0.388 e. The Morgan fingerprint density at radius 1 is 1.43 bits per heavy atom. The lowest BCUT2D eigenvalue weighted by Crippen LogP contribution is -2.08. The molecule has 3 rings (SSSR count). The number of nitrogens with one attached hydrogen (secondary N) is 1. The molecule has 1 aliphatic heterocycles. The van der Waals surface area contributed by atoms with Crippen molar-refractivity contribution < 1.29 is 9.90 Å². The van der Waals surface area contributed by atoms with E-state index in [0.29, 0.717) is 6.42 Å². The van der Waals surface area contributed by atoms with Crippen LogP contribution < -0.4 is 5.32 Å². The number of hydrogen-bond donors (Lipinski definition) is 2. The smallest absolute Gasteiger partial charge is 0.231 e. The van der Waals surface area contributed by atoms with Gasteiger partial charge in [-0.3, -0.25) is 4.79 Å². The molecule has 0 saturated heterocycles. The lowest BCUT2D eigenvalue weighted by atomic mass is 9.93. The van der Waals surface area contributed by atoms with Gasteiger partial charge in [-0.1, -0.05) is 25.1 Å². The second-order valence-corrected chi connectivity index (χ2v) is 6.54. The van der Waals surface area contributed by atoms with Crippen LogP contribution in [-0.2, 0) is 17.6 Å². The minimum atomic E-state index is -0.526. The third-order valence-corrected chi connectivity index (χ3v) is 5.02. The van der Waals surface area contributed by atoms with Crippen LogP contribution in [0, 0.1) is 0 Å².